The van der Waals surface area contributed by atoms with E-state index in [4.69, 9.17) is 4.98 Å². The minimum atomic E-state index is 0.0789. The maximum atomic E-state index is 13.5. The van der Waals surface area contributed by atoms with Crippen LogP contribution in [-0.4, -0.2) is 63.8 Å². The molecule has 1 aromatic carbocycles. The number of benzene rings is 1. The molecule has 0 N–H and O–H groups in total. The highest BCUT2D eigenvalue weighted by Crippen LogP contribution is 2.30. The molecule has 2 saturated heterocycles. The molecule has 4 heterocycles. The fourth-order valence-corrected chi connectivity index (χ4v) is 5.42. The summed E-state index contributed by atoms with van der Waals surface area (Å²) in [5.41, 5.74) is 5.27. The summed E-state index contributed by atoms with van der Waals surface area (Å²) in [5.74, 6) is 0.202. The summed E-state index contributed by atoms with van der Waals surface area (Å²) < 4.78 is 2.04. The number of amides is 1. The molecule has 7 heteroatoms. The van der Waals surface area contributed by atoms with E-state index in [0.717, 1.165) is 74.3 Å². The topological polar surface area (TPSA) is 82.2 Å². The van der Waals surface area contributed by atoms with Gasteiger partial charge in [0, 0.05) is 30.7 Å². The number of hydrogen-bond acceptors (Lipinski definition) is 5. The van der Waals surface area contributed by atoms with Crippen LogP contribution in [0.3, 0.4) is 0 Å². The SMILES string of the molecule is Cc1c(C(=O)CN2CCCCC2)c2ncc(CC(=O)N3CCCC3)cc2n1-c1ccc(C#N)cc1. The zero-order valence-electron chi connectivity index (χ0n) is 20.3. The van der Waals surface area contributed by atoms with E-state index in [1.807, 2.05) is 34.6 Å². The van der Waals surface area contributed by atoms with Crippen molar-refractivity contribution in [2.24, 2.45) is 0 Å². The van der Waals surface area contributed by atoms with Gasteiger partial charge in [-0.2, -0.15) is 5.26 Å². The van der Waals surface area contributed by atoms with Crippen molar-refractivity contribution in [3.63, 3.8) is 0 Å². The molecule has 5 rings (SSSR count). The lowest BCUT2D eigenvalue weighted by atomic mass is 10.1. The third-order valence-electron chi connectivity index (χ3n) is 7.26. The molecule has 2 aliphatic rings. The standard InChI is InChI=1S/C28H31N5O2/c1-20-27(25(34)19-31-11-3-2-4-12-31)28-24(33(20)23-9-7-21(17-29)8-10-23)15-22(18-30-28)16-26(35)32-13-5-6-14-32/h7-10,15,18H,2-6,11-14,16,19H2,1H3. The summed E-state index contributed by atoms with van der Waals surface area (Å²) in [6, 6.07) is 11.5. The number of ketones is 1. The van der Waals surface area contributed by atoms with Crippen molar-refractivity contribution in [1.82, 2.24) is 19.4 Å². The van der Waals surface area contributed by atoms with E-state index in [1.165, 1.54) is 6.42 Å². The number of Topliss-reactive ketones (excluding diaryl/α,β-unsaturated/α-hetero) is 1. The van der Waals surface area contributed by atoms with E-state index in [9.17, 15) is 14.9 Å². The molecule has 0 saturated carbocycles. The molecule has 0 unspecified atom stereocenters. The van der Waals surface area contributed by atoms with E-state index >= 15 is 0 Å². The zero-order valence-corrected chi connectivity index (χ0v) is 20.3. The minimum absolute atomic E-state index is 0.0789. The quantitative estimate of drug-likeness (QED) is 0.509. The summed E-state index contributed by atoms with van der Waals surface area (Å²) in [6.45, 7) is 5.90. The maximum Gasteiger partial charge on any atom is 0.227 e. The van der Waals surface area contributed by atoms with Crippen LogP contribution in [0.15, 0.2) is 36.5 Å². The lowest BCUT2D eigenvalue weighted by Crippen LogP contribution is -2.34. The van der Waals surface area contributed by atoms with Crippen LogP contribution in [0.2, 0.25) is 0 Å². The van der Waals surface area contributed by atoms with Crippen molar-refractivity contribution < 1.29 is 9.59 Å². The lowest BCUT2D eigenvalue weighted by molar-refractivity contribution is -0.129. The van der Waals surface area contributed by atoms with Gasteiger partial charge in [-0.1, -0.05) is 6.42 Å². The average Bonchev–Trinajstić information content (AvgIpc) is 3.51. The summed E-state index contributed by atoms with van der Waals surface area (Å²) in [5, 5.41) is 9.22. The highest BCUT2D eigenvalue weighted by molar-refractivity contribution is 6.09. The Morgan fingerprint density at radius 3 is 2.37 bits per heavy atom. The first kappa shape index (κ1) is 23.3. The van der Waals surface area contributed by atoms with Gasteiger partial charge in [-0.25, -0.2) is 0 Å². The molecule has 2 aromatic heterocycles. The van der Waals surface area contributed by atoms with Gasteiger partial charge in [0.2, 0.25) is 5.91 Å². The number of nitrogens with zero attached hydrogens (tertiary/aromatic N) is 5. The molecule has 180 valence electrons. The number of rotatable bonds is 6. The normalized spacial score (nSPS) is 16.5. The van der Waals surface area contributed by atoms with E-state index < -0.39 is 0 Å². The van der Waals surface area contributed by atoms with Gasteiger partial charge in [0.25, 0.3) is 0 Å². The van der Waals surface area contributed by atoms with Crippen LogP contribution >= 0.6 is 0 Å². The minimum Gasteiger partial charge on any atom is -0.342 e. The average molecular weight is 470 g/mol. The van der Waals surface area contributed by atoms with Crippen LogP contribution in [0.4, 0.5) is 0 Å². The van der Waals surface area contributed by atoms with Gasteiger partial charge in [-0.3, -0.25) is 19.5 Å². The predicted octanol–water partition coefficient (Wildman–Crippen LogP) is 4.04. The fraction of sp³-hybridized carbons (Fsp3) is 0.429. The Hall–Kier alpha value is -3.50. The number of hydrogen-bond donors (Lipinski definition) is 0. The Bertz CT molecular complexity index is 1290. The van der Waals surface area contributed by atoms with Gasteiger partial charge in [0.15, 0.2) is 5.78 Å². The summed E-state index contributed by atoms with van der Waals surface area (Å²) in [6.07, 6.45) is 7.66. The summed E-state index contributed by atoms with van der Waals surface area (Å²) in [4.78, 5) is 35.2. The third kappa shape index (κ3) is 4.71. The molecule has 0 atom stereocenters. The maximum absolute atomic E-state index is 13.5. The number of pyridine rings is 1. The first-order valence-electron chi connectivity index (χ1n) is 12.6. The van der Waals surface area contributed by atoms with Crippen LogP contribution in [-0.2, 0) is 11.2 Å². The molecule has 0 bridgehead atoms. The lowest BCUT2D eigenvalue weighted by Gasteiger charge is -2.25. The second-order valence-corrected chi connectivity index (χ2v) is 9.69. The molecule has 2 aliphatic heterocycles. The highest BCUT2D eigenvalue weighted by Gasteiger charge is 2.25. The molecule has 35 heavy (non-hydrogen) atoms. The number of nitriles is 1. The first-order valence-corrected chi connectivity index (χ1v) is 12.6. The Kier molecular flexibility index (Phi) is 6.65. The monoisotopic (exact) mass is 469 g/mol. The molecule has 0 aliphatic carbocycles. The van der Waals surface area contributed by atoms with Gasteiger partial charge in [0.05, 0.1) is 41.2 Å². The van der Waals surface area contributed by atoms with Crippen molar-refractivity contribution >= 4 is 22.7 Å². The van der Waals surface area contributed by atoms with E-state index in [-0.39, 0.29) is 11.7 Å². The van der Waals surface area contributed by atoms with Crippen LogP contribution in [0, 0.1) is 18.3 Å². The molecule has 0 spiro atoms. The molecule has 1 amide bonds. The van der Waals surface area contributed by atoms with Crippen molar-refractivity contribution in [3.05, 3.63) is 58.9 Å². The molecule has 3 aromatic rings. The van der Waals surface area contributed by atoms with Crippen LogP contribution in [0.25, 0.3) is 16.7 Å². The van der Waals surface area contributed by atoms with Crippen molar-refractivity contribution in [3.8, 4) is 11.8 Å². The third-order valence-corrected chi connectivity index (χ3v) is 7.26. The molecule has 7 nitrogen and oxygen atoms in total. The molecule has 2 fully saturated rings. The Morgan fingerprint density at radius 1 is 1.00 bits per heavy atom. The Labute approximate surface area is 206 Å². The van der Waals surface area contributed by atoms with E-state index in [0.29, 0.717) is 29.6 Å². The molecule has 0 radical (unpaired) electrons. The van der Waals surface area contributed by atoms with Crippen LogP contribution in [0.5, 0.6) is 0 Å². The number of piperidine rings is 1. The Balaban J connectivity index is 1.55. The number of aromatic nitrogens is 2. The van der Waals surface area contributed by atoms with Gasteiger partial charge >= 0.3 is 0 Å². The molecular formula is C28H31N5O2. The van der Waals surface area contributed by atoms with E-state index in [1.54, 1.807) is 18.3 Å². The van der Waals surface area contributed by atoms with Crippen LogP contribution < -0.4 is 0 Å². The number of carbonyl (C=O) groups is 2. The van der Waals surface area contributed by atoms with Gasteiger partial charge < -0.3 is 9.47 Å². The van der Waals surface area contributed by atoms with Crippen molar-refractivity contribution in [1.29, 1.82) is 5.26 Å². The molecular weight excluding hydrogens is 438 g/mol. The van der Waals surface area contributed by atoms with Crippen molar-refractivity contribution in [2.45, 2.75) is 45.4 Å². The zero-order chi connectivity index (χ0) is 24.4. The number of carbonyl (C=O) groups excluding carboxylic acids is 2. The first-order chi connectivity index (χ1) is 17.0. The second-order valence-electron chi connectivity index (χ2n) is 9.69. The second kappa shape index (κ2) is 10.0. The largest absolute Gasteiger partial charge is 0.342 e. The summed E-state index contributed by atoms with van der Waals surface area (Å²) >= 11 is 0. The number of fused-ring (bicyclic) bond motifs is 1. The Morgan fingerprint density at radius 2 is 1.69 bits per heavy atom. The van der Waals surface area contributed by atoms with Gasteiger partial charge in [0.1, 0.15) is 0 Å². The van der Waals surface area contributed by atoms with Gasteiger partial charge in [-0.05, 0) is 81.6 Å². The van der Waals surface area contributed by atoms with Gasteiger partial charge in [-0.15, -0.1) is 0 Å². The smallest absolute Gasteiger partial charge is 0.227 e. The summed E-state index contributed by atoms with van der Waals surface area (Å²) in [7, 11) is 0. The predicted molar refractivity (Wildman–Crippen MR) is 135 cm³/mol. The van der Waals surface area contributed by atoms with E-state index in [2.05, 4.69) is 11.0 Å². The number of likely N-dealkylation sites (tertiary alicyclic amines) is 2. The van der Waals surface area contributed by atoms with Crippen LogP contribution in [0.1, 0.15) is 59.3 Å². The van der Waals surface area contributed by atoms with Crippen molar-refractivity contribution in [2.75, 3.05) is 32.7 Å². The fourth-order valence-electron chi connectivity index (χ4n) is 5.42. The highest BCUT2D eigenvalue weighted by atomic mass is 16.2.